The summed E-state index contributed by atoms with van der Waals surface area (Å²) in [4.78, 5) is 67.2. The van der Waals surface area contributed by atoms with E-state index in [4.69, 9.17) is 18.9 Å². The van der Waals surface area contributed by atoms with E-state index in [2.05, 4.69) is 16.0 Å². The maximum atomic E-state index is 13.6. The van der Waals surface area contributed by atoms with Gasteiger partial charge in [0.1, 0.15) is 35.1 Å². The van der Waals surface area contributed by atoms with Crippen molar-refractivity contribution in [2.45, 2.75) is 122 Å². The average molecular weight is 826 g/mol. The molecule has 2 atom stereocenters. The van der Waals surface area contributed by atoms with E-state index in [1.165, 1.54) is 4.90 Å². The van der Waals surface area contributed by atoms with Crippen LogP contribution in [0.2, 0.25) is 0 Å². The average Bonchev–Trinajstić information content (AvgIpc) is 3.42. The molecule has 16 nitrogen and oxygen atoms in total. The lowest BCUT2D eigenvalue weighted by Crippen LogP contribution is -2.68. The van der Waals surface area contributed by atoms with Crippen LogP contribution in [0.4, 0.5) is 19.2 Å². The highest BCUT2D eigenvalue weighted by Crippen LogP contribution is 2.44. The fourth-order valence-electron chi connectivity index (χ4n) is 6.79. The van der Waals surface area contributed by atoms with Crippen LogP contribution in [0.1, 0.15) is 98.6 Å². The van der Waals surface area contributed by atoms with Crippen LogP contribution in [-0.2, 0) is 23.7 Å². The first-order valence-electron chi connectivity index (χ1n) is 20.1. The molecule has 1 saturated heterocycles. The fourth-order valence-corrected chi connectivity index (χ4v) is 6.79. The van der Waals surface area contributed by atoms with Crippen molar-refractivity contribution >= 4 is 30.3 Å². The zero-order valence-corrected chi connectivity index (χ0v) is 35.9. The Hall–Kier alpha value is -5.09. The van der Waals surface area contributed by atoms with Gasteiger partial charge < -0.3 is 54.9 Å². The van der Waals surface area contributed by atoms with Crippen molar-refractivity contribution in [3.8, 4) is 11.1 Å². The second-order valence-electron chi connectivity index (χ2n) is 18.3. The molecule has 1 aliphatic heterocycles. The van der Waals surface area contributed by atoms with Crippen LogP contribution < -0.4 is 16.0 Å². The van der Waals surface area contributed by atoms with Crippen molar-refractivity contribution < 1.29 is 53.1 Å². The first-order valence-corrected chi connectivity index (χ1v) is 20.1. The highest BCUT2D eigenvalue weighted by atomic mass is 16.6. The van der Waals surface area contributed by atoms with Gasteiger partial charge >= 0.3 is 24.4 Å². The van der Waals surface area contributed by atoms with Gasteiger partial charge in [-0.2, -0.15) is 0 Å². The molecule has 5 amide bonds. The second-order valence-corrected chi connectivity index (χ2v) is 18.3. The molecule has 16 heteroatoms. The number of rotatable bonds is 15. The van der Waals surface area contributed by atoms with E-state index in [0.29, 0.717) is 12.8 Å². The van der Waals surface area contributed by atoms with Gasteiger partial charge in [0.25, 0.3) is 0 Å². The third kappa shape index (κ3) is 14.6. The molecule has 0 bridgehead atoms. The minimum absolute atomic E-state index is 0.0368. The standard InChI is InChI=1S/C43H63N5O11/c1-40(2,3)57-36(51)44-21-15-14-20-34(46-37(52)56-24-33-31-18-12-10-16-29(31)30-17-11-13-19-32(30)33)35(50)45-22-28(49)23-47(38(53)58-41(4,5)6)25-43(55)26-48(27-43)39(54)59-42(7,8)9/h10-13,16-19,28,33-34,49,55H,14-15,20-27H2,1-9H3,(H,44,51)(H,45,50)(H,46,52)/t28-,34+/m1/s1. The van der Waals surface area contributed by atoms with Crippen molar-refractivity contribution in [3.63, 3.8) is 0 Å². The Morgan fingerprint density at radius 1 is 0.797 bits per heavy atom. The van der Waals surface area contributed by atoms with Gasteiger partial charge in [-0.1, -0.05) is 48.5 Å². The maximum absolute atomic E-state index is 13.6. The molecular weight excluding hydrogens is 762 g/mol. The molecule has 0 aromatic heterocycles. The topological polar surface area (TPSA) is 205 Å². The van der Waals surface area contributed by atoms with E-state index < -0.39 is 64.8 Å². The van der Waals surface area contributed by atoms with Gasteiger partial charge in [-0.25, -0.2) is 19.2 Å². The number of hydrogen-bond donors (Lipinski definition) is 5. The number of β-amino-alcohol motifs (C(OH)–C–C–N with tert-alkyl or cyclic N) is 1. The Bertz CT molecular complexity index is 1750. The summed E-state index contributed by atoms with van der Waals surface area (Å²) in [6, 6.07) is 14.8. The molecule has 0 spiro atoms. The number of alkyl carbamates (subject to hydrolysis) is 2. The number of carbonyl (C=O) groups excluding carboxylic acids is 5. The number of carbonyl (C=O) groups is 5. The number of hydrogen-bond acceptors (Lipinski definition) is 11. The number of amides is 5. The number of nitrogens with zero attached hydrogens (tertiary/aromatic N) is 2. The Labute approximate surface area is 347 Å². The van der Waals surface area contributed by atoms with Crippen LogP contribution >= 0.6 is 0 Å². The van der Waals surface area contributed by atoms with Crippen molar-refractivity contribution in [2.75, 3.05) is 45.9 Å². The molecule has 1 aliphatic carbocycles. The summed E-state index contributed by atoms with van der Waals surface area (Å²) in [5, 5.41) is 30.3. The van der Waals surface area contributed by atoms with Crippen LogP contribution in [0.5, 0.6) is 0 Å². The smallest absolute Gasteiger partial charge is 0.410 e. The molecule has 0 unspecified atom stereocenters. The van der Waals surface area contributed by atoms with E-state index in [1.807, 2.05) is 48.5 Å². The van der Waals surface area contributed by atoms with Crippen molar-refractivity contribution in [2.24, 2.45) is 0 Å². The first kappa shape index (κ1) is 46.6. The number of nitrogens with one attached hydrogen (secondary N) is 3. The Kier molecular flexibility index (Phi) is 15.3. The third-order valence-corrected chi connectivity index (χ3v) is 9.24. The van der Waals surface area contributed by atoms with E-state index in [0.717, 1.165) is 27.2 Å². The summed E-state index contributed by atoms with van der Waals surface area (Å²) < 4.78 is 21.9. The zero-order valence-electron chi connectivity index (χ0n) is 35.9. The van der Waals surface area contributed by atoms with Gasteiger partial charge in [0.2, 0.25) is 5.91 Å². The summed E-state index contributed by atoms with van der Waals surface area (Å²) >= 11 is 0. The second kappa shape index (κ2) is 19.3. The van der Waals surface area contributed by atoms with Gasteiger partial charge in [-0.3, -0.25) is 4.79 Å². The third-order valence-electron chi connectivity index (χ3n) is 9.24. The molecule has 1 heterocycles. The number of unbranched alkanes of at least 4 members (excludes halogenated alkanes) is 1. The van der Waals surface area contributed by atoms with Gasteiger partial charge in [0, 0.05) is 19.0 Å². The van der Waals surface area contributed by atoms with Crippen molar-refractivity contribution in [1.29, 1.82) is 0 Å². The van der Waals surface area contributed by atoms with E-state index in [-0.39, 0.29) is 58.2 Å². The summed E-state index contributed by atoms with van der Waals surface area (Å²) in [5.41, 5.74) is 0.442. The summed E-state index contributed by atoms with van der Waals surface area (Å²) in [6.45, 7) is 14.7. The molecule has 59 heavy (non-hydrogen) atoms. The molecular formula is C43H63N5O11. The normalized spacial score (nSPS) is 15.7. The highest BCUT2D eigenvalue weighted by molar-refractivity contribution is 5.86. The van der Waals surface area contributed by atoms with E-state index in [1.54, 1.807) is 62.3 Å². The number of aliphatic hydroxyl groups is 2. The van der Waals surface area contributed by atoms with Crippen LogP contribution in [0.15, 0.2) is 48.5 Å². The number of aliphatic hydroxyl groups excluding tert-OH is 1. The van der Waals surface area contributed by atoms with Crippen molar-refractivity contribution in [3.05, 3.63) is 59.7 Å². The molecule has 0 saturated carbocycles. The lowest BCUT2D eigenvalue weighted by molar-refractivity contribution is -0.124. The number of fused-ring (bicyclic) bond motifs is 3. The largest absolute Gasteiger partial charge is 0.449 e. The Morgan fingerprint density at radius 3 is 1.92 bits per heavy atom. The molecule has 5 N–H and O–H groups in total. The molecule has 2 aromatic carbocycles. The predicted molar refractivity (Wildman–Crippen MR) is 220 cm³/mol. The lowest BCUT2D eigenvalue weighted by Gasteiger charge is -2.48. The van der Waals surface area contributed by atoms with Gasteiger partial charge in [0.05, 0.1) is 32.3 Å². The van der Waals surface area contributed by atoms with Crippen LogP contribution in [0.3, 0.4) is 0 Å². The predicted octanol–water partition coefficient (Wildman–Crippen LogP) is 5.28. The molecule has 326 valence electrons. The van der Waals surface area contributed by atoms with Gasteiger partial charge in [-0.05, 0) is 104 Å². The van der Waals surface area contributed by atoms with Crippen molar-refractivity contribution in [1.82, 2.24) is 25.8 Å². The monoisotopic (exact) mass is 825 g/mol. The lowest BCUT2D eigenvalue weighted by atomic mass is 9.94. The molecule has 2 aliphatic rings. The SMILES string of the molecule is CC(C)(C)OC(=O)NCCCC[C@H](NC(=O)OCC1c2ccccc2-c2ccccc21)C(=O)NC[C@@H](O)CN(CC1(O)CN(C(=O)OC(C)(C)C)C1)C(=O)OC(C)(C)C. The Balaban J connectivity index is 1.37. The van der Waals surface area contributed by atoms with E-state index in [9.17, 15) is 34.2 Å². The highest BCUT2D eigenvalue weighted by Gasteiger charge is 2.47. The number of likely N-dealkylation sites (tertiary alicyclic amines) is 1. The minimum Gasteiger partial charge on any atom is -0.449 e. The number of ether oxygens (including phenoxy) is 4. The summed E-state index contributed by atoms with van der Waals surface area (Å²) in [7, 11) is 0. The number of benzene rings is 2. The molecule has 1 fully saturated rings. The fraction of sp³-hybridized carbons (Fsp3) is 0.605. The molecule has 2 aromatic rings. The van der Waals surface area contributed by atoms with Gasteiger partial charge in [-0.15, -0.1) is 0 Å². The Morgan fingerprint density at radius 2 is 1.36 bits per heavy atom. The summed E-state index contributed by atoms with van der Waals surface area (Å²) in [5.74, 6) is -0.798. The molecule has 4 rings (SSSR count). The van der Waals surface area contributed by atoms with Crippen LogP contribution in [-0.4, -0.2) is 131 Å². The molecule has 0 radical (unpaired) electrons. The first-order chi connectivity index (χ1) is 27.4. The summed E-state index contributed by atoms with van der Waals surface area (Å²) in [6.07, 6.45) is -3.02. The maximum Gasteiger partial charge on any atom is 0.410 e. The zero-order chi connectivity index (χ0) is 43.8. The van der Waals surface area contributed by atoms with Crippen LogP contribution in [0.25, 0.3) is 11.1 Å². The quantitative estimate of drug-likeness (QED) is 0.115. The van der Waals surface area contributed by atoms with Gasteiger partial charge in [0.15, 0.2) is 0 Å². The van der Waals surface area contributed by atoms with Crippen LogP contribution in [0, 0.1) is 0 Å². The van der Waals surface area contributed by atoms with E-state index >= 15 is 0 Å². The minimum atomic E-state index is -1.49.